The third-order valence-electron chi connectivity index (χ3n) is 4.43. The van der Waals surface area contributed by atoms with Crippen LogP contribution in [-0.4, -0.2) is 20.5 Å². The van der Waals surface area contributed by atoms with E-state index in [2.05, 4.69) is 21.5 Å². The number of aromatic nitrogens is 1. The van der Waals surface area contributed by atoms with Crippen LogP contribution in [0.4, 0.5) is 5.69 Å². The van der Waals surface area contributed by atoms with Crippen LogP contribution >= 0.6 is 11.6 Å². The first-order valence-corrected chi connectivity index (χ1v) is 10.6. The first-order chi connectivity index (χ1) is 13.8. The van der Waals surface area contributed by atoms with Crippen LogP contribution in [0.5, 0.6) is 5.75 Å². The van der Waals surface area contributed by atoms with E-state index in [-0.39, 0.29) is 4.90 Å². The van der Waals surface area contributed by atoms with Gasteiger partial charge in [-0.25, -0.2) is 8.42 Å². The number of benzene rings is 2. The van der Waals surface area contributed by atoms with Crippen LogP contribution in [0.3, 0.4) is 0 Å². The normalized spacial score (nSPS) is 10.8. The van der Waals surface area contributed by atoms with E-state index in [1.54, 1.807) is 56.8 Å². The van der Waals surface area contributed by atoms with Crippen molar-refractivity contribution < 1.29 is 13.2 Å². The molecule has 0 amide bonds. The number of halogens is 1. The topological polar surface area (TPSA) is 68.3 Å². The predicted octanol–water partition coefficient (Wildman–Crippen LogP) is 4.56. The van der Waals surface area contributed by atoms with Gasteiger partial charge in [-0.1, -0.05) is 23.4 Å². The fourth-order valence-corrected chi connectivity index (χ4v) is 4.32. The third-order valence-corrected chi connectivity index (χ3v) is 6.17. The minimum Gasteiger partial charge on any atom is -0.496 e. The highest BCUT2D eigenvalue weighted by molar-refractivity contribution is 7.92. The van der Waals surface area contributed by atoms with Crippen molar-refractivity contribution in [3.05, 3.63) is 82.1 Å². The van der Waals surface area contributed by atoms with Gasteiger partial charge in [0.2, 0.25) is 0 Å². The Morgan fingerprint density at radius 1 is 1.07 bits per heavy atom. The molecule has 29 heavy (non-hydrogen) atoms. The van der Waals surface area contributed by atoms with Crippen molar-refractivity contribution in [1.82, 2.24) is 4.98 Å². The summed E-state index contributed by atoms with van der Waals surface area (Å²) >= 11 is 6.09. The first-order valence-electron chi connectivity index (χ1n) is 8.70. The molecule has 7 heteroatoms. The number of hydrogen-bond donors (Lipinski definition) is 1. The molecule has 0 aliphatic rings. The standard InChI is InChI=1S/C22H19ClN2O3S/c1-15-16(2)22(11-10-21(15)28-3)29(26,27)25-20-9-8-19(23)13-18(20)7-6-17-5-4-12-24-14-17/h4-5,8-14,25H,1-3H3. The Balaban J connectivity index is 2.00. The van der Waals surface area contributed by atoms with E-state index >= 15 is 0 Å². The van der Waals surface area contributed by atoms with E-state index in [1.807, 2.05) is 13.0 Å². The smallest absolute Gasteiger partial charge is 0.262 e. The van der Waals surface area contributed by atoms with Crippen LogP contribution in [0.2, 0.25) is 5.02 Å². The molecule has 2 aromatic carbocycles. The number of rotatable bonds is 4. The van der Waals surface area contributed by atoms with E-state index in [9.17, 15) is 8.42 Å². The second kappa shape index (κ2) is 8.56. The molecule has 1 N–H and O–H groups in total. The van der Waals surface area contributed by atoms with Gasteiger partial charge in [0.1, 0.15) is 5.75 Å². The number of sulfonamides is 1. The van der Waals surface area contributed by atoms with Gasteiger partial charge in [0.25, 0.3) is 10.0 Å². The van der Waals surface area contributed by atoms with Crippen molar-refractivity contribution in [2.45, 2.75) is 18.7 Å². The molecule has 0 fully saturated rings. The van der Waals surface area contributed by atoms with E-state index in [1.165, 1.54) is 6.07 Å². The molecule has 0 unspecified atom stereocenters. The molecule has 5 nitrogen and oxygen atoms in total. The SMILES string of the molecule is COc1ccc(S(=O)(=O)Nc2ccc(Cl)cc2C#Cc2cccnc2)c(C)c1C. The van der Waals surface area contributed by atoms with E-state index in [4.69, 9.17) is 16.3 Å². The zero-order valence-corrected chi connectivity index (χ0v) is 17.7. The minimum absolute atomic E-state index is 0.178. The second-order valence-corrected chi connectivity index (χ2v) is 8.39. The van der Waals surface area contributed by atoms with Crippen molar-refractivity contribution >= 4 is 27.3 Å². The van der Waals surface area contributed by atoms with Gasteiger partial charge in [0.15, 0.2) is 0 Å². The number of pyridine rings is 1. The Hall–Kier alpha value is -3.01. The molecule has 3 aromatic rings. The summed E-state index contributed by atoms with van der Waals surface area (Å²) in [7, 11) is -2.29. The zero-order valence-electron chi connectivity index (χ0n) is 16.2. The van der Waals surface area contributed by atoms with Crippen molar-refractivity contribution in [1.29, 1.82) is 0 Å². The number of anilines is 1. The highest BCUT2D eigenvalue weighted by Crippen LogP contribution is 2.29. The lowest BCUT2D eigenvalue weighted by atomic mass is 10.1. The van der Waals surface area contributed by atoms with Crippen molar-refractivity contribution in [2.24, 2.45) is 0 Å². The molecule has 3 rings (SSSR count). The fraction of sp³-hybridized carbons (Fsp3) is 0.136. The largest absolute Gasteiger partial charge is 0.496 e. The third kappa shape index (κ3) is 4.70. The summed E-state index contributed by atoms with van der Waals surface area (Å²) in [4.78, 5) is 4.20. The molecule has 0 atom stereocenters. The van der Waals surface area contributed by atoms with Gasteiger partial charge in [0, 0.05) is 23.0 Å². The molecule has 0 aliphatic heterocycles. The molecule has 0 bridgehead atoms. The summed E-state index contributed by atoms with van der Waals surface area (Å²) in [6.07, 6.45) is 3.29. The number of ether oxygens (including phenoxy) is 1. The van der Waals surface area contributed by atoms with Crippen molar-refractivity contribution in [2.75, 3.05) is 11.8 Å². The predicted molar refractivity (Wildman–Crippen MR) is 115 cm³/mol. The average molecular weight is 427 g/mol. The number of nitrogens with one attached hydrogen (secondary N) is 1. The van der Waals surface area contributed by atoms with Crippen LogP contribution in [-0.2, 0) is 10.0 Å². The fourth-order valence-electron chi connectivity index (χ4n) is 2.77. The summed E-state index contributed by atoms with van der Waals surface area (Å²) < 4.78 is 34.0. The number of hydrogen-bond acceptors (Lipinski definition) is 4. The Morgan fingerprint density at radius 3 is 2.55 bits per heavy atom. The van der Waals surface area contributed by atoms with Gasteiger partial charge in [0.05, 0.1) is 23.3 Å². The lowest BCUT2D eigenvalue weighted by molar-refractivity contribution is 0.411. The maximum atomic E-state index is 13.0. The molecular formula is C22H19ClN2O3S. The summed E-state index contributed by atoms with van der Waals surface area (Å²) in [5.41, 5.74) is 2.91. The summed E-state index contributed by atoms with van der Waals surface area (Å²) in [6.45, 7) is 3.57. The van der Waals surface area contributed by atoms with Gasteiger partial charge in [-0.2, -0.15) is 0 Å². The second-order valence-electron chi connectivity index (χ2n) is 6.30. The van der Waals surface area contributed by atoms with Crippen LogP contribution < -0.4 is 9.46 Å². The van der Waals surface area contributed by atoms with Gasteiger partial charge < -0.3 is 4.74 Å². The lowest BCUT2D eigenvalue weighted by Crippen LogP contribution is -2.15. The minimum atomic E-state index is -3.84. The highest BCUT2D eigenvalue weighted by Gasteiger charge is 2.20. The lowest BCUT2D eigenvalue weighted by Gasteiger charge is -2.15. The van der Waals surface area contributed by atoms with Gasteiger partial charge in [-0.05, 0) is 67.4 Å². The van der Waals surface area contributed by atoms with Crippen LogP contribution in [0, 0.1) is 25.7 Å². The molecular weight excluding hydrogens is 408 g/mol. The molecule has 1 aromatic heterocycles. The molecule has 148 valence electrons. The highest BCUT2D eigenvalue weighted by atomic mass is 35.5. The van der Waals surface area contributed by atoms with E-state index in [0.29, 0.717) is 33.1 Å². The summed E-state index contributed by atoms with van der Waals surface area (Å²) in [5, 5.41) is 0.458. The zero-order chi connectivity index (χ0) is 21.0. The van der Waals surface area contributed by atoms with Crippen molar-refractivity contribution in [3.8, 4) is 17.6 Å². The van der Waals surface area contributed by atoms with Crippen LogP contribution in [0.1, 0.15) is 22.3 Å². The molecule has 0 saturated carbocycles. The van der Waals surface area contributed by atoms with E-state index < -0.39 is 10.0 Å². The van der Waals surface area contributed by atoms with Gasteiger partial charge >= 0.3 is 0 Å². The molecule has 0 radical (unpaired) electrons. The Bertz CT molecular complexity index is 1210. The van der Waals surface area contributed by atoms with E-state index in [0.717, 1.165) is 5.56 Å². The Kier molecular flexibility index (Phi) is 6.12. The van der Waals surface area contributed by atoms with Crippen LogP contribution in [0.25, 0.3) is 0 Å². The molecule has 1 heterocycles. The van der Waals surface area contributed by atoms with Gasteiger partial charge in [-0.3, -0.25) is 9.71 Å². The monoisotopic (exact) mass is 426 g/mol. The van der Waals surface area contributed by atoms with Crippen LogP contribution in [0.15, 0.2) is 59.8 Å². The Morgan fingerprint density at radius 2 is 1.86 bits per heavy atom. The molecule has 0 spiro atoms. The molecule has 0 aliphatic carbocycles. The quantitative estimate of drug-likeness (QED) is 0.621. The maximum absolute atomic E-state index is 13.0. The number of methoxy groups -OCH3 is 1. The Labute approximate surface area is 175 Å². The molecule has 0 saturated heterocycles. The summed E-state index contributed by atoms with van der Waals surface area (Å²) in [6, 6.07) is 11.6. The first kappa shape index (κ1) is 20.7. The summed E-state index contributed by atoms with van der Waals surface area (Å²) in [5.74, 6) is 6.57. The van der Waals surface area contributed by atoms with Gasteiger partial charge in [-0.15, -0.1) is 0 Å². The number of nitrogens with zero attached hydrogens (tertiary/aromatic N) is 1. The average Bonchev–Trinajstić information content (AvgIpc) is 2.70. The van der Waals surface area contributed by atoms with Crippen molar-refractivity contribution in [3.63, 3.8) is 0 Å². The maximum Gasteiger partial charge on any atom is 0.262 e.